The van der Waals surface area contributed by atoms with Crippen molar-refractivity contribution in [1.82, 2.24) is 19.8 Å². The molecule has 2 aliphatic rings. The Morgan fingerprint density at radius 1 is 1.24 bits per heavy atom. The summed E-state index contributed by atoms with van der Waals surface area (Å²) in [6.07, 6.45) is -10.1. The highest BCUT2D eigenvalue weighted by Gasteiger charge is 2.53. The van der Waals surface area contributed by atoms with Gasteiger partial charge in [0.15, 0.2) is 12.3 Å². The molecule has 1 aromatic rings. The average molecular weight is 601 g/mol. The molecule has 2 unspecified atom stereocenters. The van der Waals surface area contributed by atoms with Crippen molar-refractivity contribution < 1.29 is 54.2 Å². The Morgan fingerprint density at radius 3 is 2.45 bits per heavy atom. The minimum absolute atomic E-state index is 0.0341. The van der Waals surface area contributed by atoms with Gasteiger partial charge in [-0.25, -0.2) is 14.4 Å². The zero-order valence-corrected chi connectivity index (χ0v) is 22.3. The molecular formula is C23H32N6O13. The Bertz CT molecular complexity index is 1380. The summed E-state index contributed by atoms with van der Waals surface area (Å²) in [7, 11) is 0. The van der Waals surface area contributed by atoms with Gasteiger partial charge in [-0.3, -0.25) is 23.9 Å². The van der Waals surface area contributed by atoms with E-state index in [1.807, 2.05) is 4.98 Å². The molecule has 0 bridgehead atoms. The standard InChI is InChI=1S/C23H32N6O13/c1-3-8-5-28(12(8)21(37)38)19(36)11(26-18(35)10(24)13(31)9(30)6-41-22(25)39)16-14(32)15(33)20(42-16)29-4-7(2)17(34)27-23(29)40/h3-4,9-16,20,30-33H,5-6,24H2,1-2H3,(H2,25,39)(H,26,35)(H,37,38)(H,27,34,40)/b8-3-/t9-,10-,11-,12-,13+,14-,15+,16?,20?/m0/s1. The summed E-state index contributed by atoms with van der Waals surface area (Å²) in [5.74, 6) is -3.80. The maximum atomic E-state index is 13.6. The predicted molar refractivity (Wildman–Crippen MR) is 136 cm³/mol. The third kappa shape index (κ3) is 6.35. The molecule has 0 spiro atoms. The van der Waals surface area contributed by atoms with Crippen LogP contribution >= 0.6 is 0 Å². The molecule has 3 heterocycles. The smallest absolute Gasteiger partial charge is 0.404 e. The number of carboxylic acids is 1. The number of carboxylic acid groups (broad SMARTS) is 1. The number of ether oxygens (including phenoxy) is 2. The van der Waals surface area contributed by atoms with Gasteiger partial charge in [-0.1, -0.05) is 6.08 Å². The Balaban J connectivity index is 1.94. The average Bonchev–Trinajstić information content (AvgIpc) is 3.19. The number of nitrogens with one attached hydrogen (secondary N) is 2. The van der Waals surface area contributed by atoms with Gasteiger partial charge in [0.05, 0.1) is 0 Å². The lowest BCUT2D eigenvalue weighted by Gasteiger charge is -2.43. The molecule has 0 aromatic carbocycles. The molecule has 19 nitrogen and oxygen atoms in total. The van der Waals surface area contributed by atoms with Crippen molar-refractivity contribution in [3.8, 4) is 0 Å². The van der Waals surface area contributed by atoms with Crippen LogP contribution in [0.25, 0.3) is 0 Å². The molecular weight excluding hydrogens is 568 g/mol. The fourth-order valence-corrected chi connectivity index (χ4v) is 4.55. The zero-order chi connectivity index (χ0) is 31.6. The number of hydrogen-bond acceptors (Lipinski definition) is 13. The van der Waals surface area contributed by atoms with E-state index in [0.717, 1.165) is 15.7 Å². The van der Waals surface area contributed by atoms with Gasteiger partial charge in [0.25, 0.3) is 5.56 Å². The van der Waals surface area contributed by atoms with Crippen molar-refractivity contribution in [2.24, 2.45) is 11.5 Å². The van der Waals surface area contributed by atoms with E-state index in [-0.39, 0.29) is 12.1 Å². The topological polar surface area (TPSA) is 310 Å². The number of aliphatic carboxylic acids is 1. The number of carbonyl (C=O) groups is 4. The first-order valence-corrected chi connectivity index (χ1v) is 12.5. The lowest BCUT2D eigenvalue weighted by molar-refractivity contribution is -0.157. The van der Waals surface area contributed by atoms with Gasteiger partial charge in [0, 0.05) is 18.3 Å². The van der Waals surface area contributed by atoms with Crippen LogP contribution in [0.2, 0.25) is 0 Å². The van der Waals surface area contributed by atoms with Crippen LogP contribution in [0.3, 0.4) is 0 Å². The van der Waals surface area contributed by atoms with Crippen LogP contribution in [0.1, 0.15) is 18.7 Å². The quantitative estimate of drug-likeness (QED) is 0.113. The van der Waals surface area contributed by atoms with Crippen LogP contribution in [-0.2, 0) is 23.9 Å². The SMILES string of the molecule is C/C=C1/CN(C(=O)[C@@H](NC(=O)[C@@H](N)[C@H](O)[C@@H](O)COC(N)=O)C2OC(n3cc(C)c(=O)[nH]c3=O)[C@H](O)[C@@H]2O)[C@@H]1C(=O)O. The first kappa shape index (κ1) is 32.4. The largest absolute Gasteiger partial charge is 0.479 e. The number of hydrogen-bond donors (Lipinski definition) is 9. The minimum Gasteiger partial charge on any atom is -0.479 e. The van der Waals surface area contributed by atoms with Gasteiger partial charge < -0.3 is 56.7 Å². The fraction of sp³-hybridized carbons (Fsp3) is 0.565. The molecule has 0 aliphatic carbocycles. The number of H-pyrrole nitrogens is 1. The van der Waals surface area contributed by atoms with E-state index in [1.165, 1.54) is 13.0 Å². The highest BCUT2D eigenvalue weighted by Crippen LogP contribution is 2.33. The number of aryl methyl sites for hydroxylation is 1. The van der Waals surface area contributed by atoms with E-state index in [4.69, 9.17) is 16.2 Å². The number of nitrogens with zero attached hydrogens (tertiary/aromatic N) is 2. The predicted octanol–water partition coefficient (Wildman–Crippen LogP) is -5.66. The van der Waals surface area contributed by atoms with E-state index in [0.29, 0.717) is 5.57 Å². The number of likely N-dealkylation sites (tertiary alicyclic amines) is 1. The van der Waals surface area contributed by atoms with Crippen molar-refractivity contribution in [3.63, 3.8) is 0 Å². The summed E-state index contributed by atoms with van der Waals surface area (Å²) in [6.45, 7) is 1.88. The van der Waals surface area contributed by atoms with Gasteiger partial charge in [-0.2, -0.15) is 0 Å². The van der Waals surface area contributed by atoms with Crippen LogP contribution in [0, 0.1) is 6.92 Å². The second-order valence-electron chi connectivity index (χ2n) is 9.72. The van der Waals surface area contributed by atoms with Crippen molar-refractivity contribution >= 4 is 23.9 Å². The highest BCUT2D eigenvalue weighted by atomic mass is 16.6. The van der Waals surface area contributed by atoms with Crippen molar-refractivity contribution in [3.05, 3.63) is 44.2 Å². The Morgan fingerprint density at radius 2 is 1.88 bits per heavy atom. The number of carbonyl (C=O) groups excluding carboxylic acids is 3. The molecule has 9 atom stereocenters. The molecule has 2 saturated heterocycles. The first-order chi connectivity index (χ1) is 19.6. The lowest BCUT2D eigenvalue weighted by atomic mass is 9.92. The summed E-state index contributed by atoms with van der Waals surface area (Å²) in [5, 5.41) is 53.6. The Labute approximate surface area is 235 Å². The molecule has 3 rings (SSSR count). The number of allylic oxidation sites excluding steroid dienone is 1. The molecule has 2 aliphatic heterocycles. The summed E-state index contributed by atoms with van der Waals surface area (Å²) < 4.78 is 10.8. The van der Waals surface area contributed by atoms with Crippen LogP contribution < -0.4 is 28.0 Å². The highest BCUT2D eigenvalue weighted by molar-refractivity contribution is 5.95. The molecule has 11 N–H and O–H groups in total. The summed E-state index contributed by atoms with van der Waals surface area (Å²) >= 11 is 0. The molecule has 19 heteroatoms. The molecule has 42 heavy (non-hydrogen) atoms. The fourth-order valence-electron chi connectivity index (χ4n) is 4.55. The number of aliphatic hydroxyl groups excluding tert-OH is 4. The van der Waals surface area contributed by atoms with E-state index >= 15 is 0 Å². The van der Waals surface area contributed by atoms with Gasteiger partial charge in [0.1, 0.15) is 49.2 Å². The van der Waals surface area contributed by atoms with E-state index in [9.17, 15) is 54.3 Å². The minimum atomic E-state index is -2.07. The number of amides is 3. The van der Waals surface area contributed by atoms with Crippen LogP contribution in [-0.4, -0.2) is 126 Å². The maximum Gasteiger partial charge on any atom is 0.404 e. The van der Waals surface area contributed by atoms with Crippen molar-refractivity contribution in [1.29, 1.82) is 0 Å². The molecule has 0 saturated carbocycles. The summed E-state index contributed by atoms with van der Waals surface area (Å²) in [5.41, 5.74) is 9.16. The number of primary amides is 1. The monoisotopic (exact) mass is 600 g/mol. The molecule has 2 fully saturated rings. The second kappa shape index (κ2) is 12.8. The number of nitrogens with two attached hydrogens (primary N) is 2. The van der Waals surface area contributed by atoms with Crippen LogP contribution in [0.15, 0.2) is 27.4 Å². The molecule has 232 valence electrons. The zero-order valence-electron chi connectivity index (χ0n) is 22.3. The number of aromatic amines is 1. The van der Waals surface area contributed by atoms with Crippen LogP contribution in [0.5, 0.6) is 0 Å². The second-order valence-corrected chi connectivity index (χ2v) is 9.72. The Kier molecular flexibility index (Phi) is 9.86. The molecule has 3 amide bonds. The molecule has 1 aromatic heterocycles. The van der Waals surface area contributed by atoms with Crippen LogP contribution in [0.4, 0.5) is 4.79 Å². The Hall–Kier alpha value is -4.14. The van der Waals surface area contributed by atoms with Crippen molar-refractivity contribution in [2.45, 2.75) is 68.7 Å². The van der Waals surface area contributed by atoms with Crippen molar-refractivity contribution in [2.75, 3.05) is 13.2 Å². The third-order valence-corrected chi connectivity index (χ3v) is 6.95. The normalized spacial score (nSPS) is 27.5. The van der Waals surface area contributed by atoms with Gasteiger partial charge >= 0.3 is 17.8 Å². The van der Waals surface area contributed by atoms with E-state index in [2.05, 4.69) is 10.1 Å². The molecule has 0 radical (unpaired) electrons. The maximum absolute atomic E-state index is 13.6. The van der Waals surface area contributed by atoms with Gasteiger partial charge in [-0.05, 0) is 19.4 Å². The lowest BCUT2D eigenvalue weighted by Crippen LogP contribution is -2.67. The number of aromatic nitrogens is 2. The summed E-state index contributed by atoms with van der Waals surface area (Å²) in [6, 6.07) is -5.37. The first-order valence-electron chi connectivity index (χ1n) is 12.5. The van der Waals surface area contributed by atoms with Gasteiger partial charge in [0.2, 0.25) is 11.8 Å². The number of rotatable bonds is 10. The van der Waals surface area contributed by atoms with Gasteiger partial charge in [-0.15, -0.1) is 0 Å². The third-order valence-electron chi connectivity index (χ3n) is 6.95. The van der Waals surface area contributed by atoms with E-state index < -0.39 is 96.6 Å². The summed E-state index contributed by atoms with van der Waals surface area (Å²) in [4.78, 5) is 76.2. The number of aliphatic hydroxyl groups is 4. The van der Waals surface area contributed by atoms with E-state index in [1.54, 1.807) is 6.92 Å².